The van der Waals surface area contributed by atoms with Gasteiger partial charge in [0.1, 0.15) is 6.04 Å². The number of esters is 1. The van der Waals surface area contributed by atoms with Gasteiger partial charge in [-0.15, -0.1) is 22.7 Å². The molecule has 1 aromatic carbocycles. The SMILES string of the molecule is CCOC(=O)c1ccc(N2C(=O)CC(N(Cc3cccs3)C(=O)c3cccs3)C2=O)cc1. The number of amides is 3. The lowest BCUT2D eigenvalue weighted by Gasteiger charge is -2.27. The molecule has 2 aromatic heterocycles. The van der Waals surface area contributed by atoms with Gasteiger partial charge in [0.2, 0.25) is 5.91 Å². The zero-order valence-electron chi connectivity index (χ0n) is 17.2. The normalized spacial score (nSPS) is 15.8. The fraction of sp³-hybridized carbons (Fsp3) is 0.217. The smallest absolute Gasteiger partial charge is 0.338 e. The zero-order chi connectivity index (χ0) is 22.7. The standard InChI is InChI=1S/C23H20N2O5S2/c1-2-30-23(29)15-7-9-16(10-8-15)25-20(26)13-18(21(25)27)24(14-17-5-3-11-31-17)22(28)19-6-4-12-32-19/h3-12,18H,2,13-14H2,1H3. The van der Waals surface area contributed by atoms with Crippen LogP contribution in [-0.4, -0.2) is 41.2 Å². The number of benzene rings is 1. The van der Waals surface area contributed by atoms with E-state index < -0.39 is 17.9 Å². The van der Waals surface area contributed by atoms with E-state index in [1.165, 1.54) is 51.8 Å². The Labute approximate surface area is 192 Å². The van der Waals surface area contributed by atoms with Gasteiger partial charge in [-0.25, -0.2) is 9.69 Å². The highest BCUT2D eigenvalue weighted by Crippen LogP contribution is 2.29. The second-order valence-corrected chi connectivity index (χ2v) is 9.02. The van der Waals surface area contributed by atoms with Gasteiger partial charge in [-0.1, -0.05) is 12.1 Å². The number of carbonyl (C=O) groups excluding carboxylic acids is 4. The van der Waals surface area contributed by atoms with Gasteiger partial charge in [0.05, 0.1) is 35.7 Å². The first-order chi connectivity index (χ1) is 15.5. The van der Waals surface area contributed by atoms with Gasteiger partial charge in [0.25, 0.3) is 11.8 Å². The van der Waals surface area contributed by atoms with Crippen molar-refractivity contribution in [2.24, 2.45) is 0 Å². The summed E-state index contributed by atoms with van der Waals surface area (Å²) in [5.41, 5.74) is 0.689. The average molecular weight is 469 g/mol. The number of anilines is 1. The molecule has 0 radical (unpaired) electrons. The van der Waals surface area contributed by atoms with Gasteiger partial charge in [-0.3, -0.25) is 14.4 Å². The highest BCUT2D eigenvalue weighted by molar-refractivity contribution is 7.12. The average Bonchev–Trinajstić information content (AvgIpc) is 3.55. The van der Waals surface area contributed by atoms with Crippen molar-refractivity contribution < 1.29 is 23.9 Å². The molecule has 1 aliphatic heterocycles. The molecule has 0 bridgehead atoms. The van der Waals surface area contributed by atoms with Gasteiger partial charge < -0.3 is 9.64 Å². The molecule has 1 saturated heterocycles. The van der Waals surface area contributed by atoms with Crippen LogP contribution in [0.4, 0.5) is 5.69 Å². The van der Waals surface area contributed by atoms with E-state index in [1.54, 1.807) is 24.4 Å². The Hall–Kier alpha value is -3.30. The Balaban J connectivity index is 1.60. The van der Waals surface area contributed by atoms with E-state index in [-0.39, 0.29) is 31.4 Å². The first-order valence-corrected chi connectivity index (χ1v) is 11.8. The number of hydrogen-bond donors (Lipinski definition) is 0. The second-order valence-electron chi connectivity index (χ2n) is 7.04. The van der Waals surface area contributed by atoms with Crippen molar-refractivity contribution in [2.45, 2.75) is 25.9 Å². The molecule has 1 atom stereocenters. The number of thiophene rings is 2. The third kappa shape index (κ3) is 4.35. The van der Waals surface area contributed by atoms with Crippen LogP contribution in [0, 0.1) is 0 Å². The maximum atomic E-state index is 13.3. The number of nitrogens with zero attached hydrogens (tertiary/aromatic N) is 2. The molecule has 0 saturated carbocycles. The monoisotopic (exact) mass is 468 g/mol. The lowest BCUT2D eigenvalue weighted by atomic mass is 10.2. The molecule has 0 aliphatic carbocycles. The minimum atomic E-state index is -0.899. The summed E-state index contributed by atoms with van der Waals surface area (Å²) in [7, 11) is 0. The van der Waals surface area contributed by atoms with Gasteiger partial charge in [-0.05, 0) is 54.1 Å². The van der Waals surface area contributed by atoms with Crippen molar-refractivity contribution in [2.75, 3.05) is 11.5 Å². The molecule has 32 heavy (non-hydrogen) atoms. The van der Waals surface area contributed by atoms with Gasteiger partial charge in [0.15, 0.2) is 0 Å². The van der Waals surface area contributed by atoms with E-state index in [0.29, 0.717) is 16.1 Å². The highest BCUT2D eigenvalue weighted by Gasteiger charge is 2.44. The Kier molecular flexibility index (Phi) is 6.48. The molecular weight excluding hydrogens is 448 g/mol. The Morgan fingerprint density at radius 1 is 1.06 bits per heavy atom. The maximum Gasteiger partial charge on any atom is 0.338 e. The molecule has 1 fully saturated rings. The van der Waals surface area contributed by atoms with E-state index in [9.17, 15) is 19.2 Å². The summed E-state index contributed by atoms with van der Waals surface area (Å²) in [6, 6.07) is 12.5. The molecule has 0 spiro atoms. The Morgan fingerprint density at radius 3 is 2.41 bits per heavy atom. The lowest BCUT2D eigenvalue weighted by Crippen LogP contribution is -2.44. The molecule has 9 heteroatoms. The minimum Gasteiger partial charge on any atom is -0.462 e. The van der Waals surface area contributed by atoms with Crippen LogP contribution in [0.3, 0.4) is 0 Å². The molecule has 4 rings (SSSR count). The molecule has 3 heterocycles. The molecular formula is C23H20N2O5S2. The van der Waals surface area contributed by atoms with Gasteiger partial charge >= 0.3 is 5.97 Å². The predicted octanol–water partition coefficient (Wildman–Crippen LogP) is 3.96. The van der Waals surface area contributed by atoms with E-state index in [2.05, 4.69) is 0 Å². The summed E-state index contributed by atoms with van der Waals surface area (Å²) in [6.07, 6.45) is -0.0963. The van der Waals surface area contributed by atoms with E-state index in [1.807, 2.05) is 17.5 Å². The van der Waals surface area contributed by atoms with Crippen LogP contribution >= 0.6 is 22.7 Å². The fourth-order valence-corrected chi connectivity index (χ4v) is 4.91. The molecule has 7 nitrogen and oxygen atoms in total. The topological polar surface area (TPSA) is 84.0 Å². The van der Waals surface area contributed by atoms with Crippen molar-refractivity contribution in [3.63, 3.8) is 0 Å². The second kappa shape index (κ2) is 9.46. The van der Waals surface area contributed by atoms with E-state index in [4.69, 9.17) is 4.74 Å². The van der Waals surface area contributed by atoms with Crippen molar-refractivity contribution in [3.05, 3.63) is 74.6 Å². The summed E-state index contributed by atoms with van der Waals surface area (Å²) >= 11 is 2.78. The summed E-state index contributed by atoms with van der Waals surface area (Å²) in [5, 5.41) is 3.71. The van der Waals surface area contributed by atoms with Crippen LogP contribution in [0.2, 0.25) is 0 Å². The third-order valence-corrected chi connectivity index (χ3v) is 6.75. The van der Waals surface area contributed by atoms with E-state index >= 15 is 0 Å². The van der Waals surface area contributed by atoms with Crippen molar-refractivity contribution in [1.29, 1.82) is 0 Å². The molecule has 0 N–H and O–H groups in total. The predicted molar refractivity (Wildman–Crippen MR) is 122 cm³/mol. The summed E-state index contributed by atoms with van der Waals surface area (Å²) < 4.78 is 4.97. The summed E-state index contributed by atoms with van der Waals surface area (Å²) in [6.45, 7) is 2.21. The van der Waals surface area contributed by atoms with Crippen molar-refractivity contribution in [3.8, 4) is 0 Å². The molecule has 1 aliphatic rings. The summed E-state index contributed by atoms with van der Waals surface area (Å²) in [4.78, 5) is 55.2. The number of rotatable bonds is 7. The van der Waals surface area contributed by atoms with Crippen molar-refractivity contribution in [1.82, 2.24) is 4.90 Å². The number of imide groups is 1. The zero-order valence-corrected chi connectivity index (χ0v) is 18.9. The van der Waals surface area contributed by atoms with Crippen LogP contribution in [0.1, 0.15) is 38.3 Å². The molecule has 1 unspecified atom stereocenters. The molecule has 3 amide bonds. The van der Waals surface area contributed by atoms with Gasteiger partial charge in [0, 0.05) is 4.88 Å². The molecule has 3 aromatic rings. The first-order valence-electron chi connectivity index (χ1n) is 10.0. The lowest BCUT2D eigenvalue weighted by molar-refractivity contribution is -0.122. The van der Waals surface area contributed by atoms with Crippen LogP contribution in [-0.2, 0) is 20.9 Å². The largest absolute Gasteiger partial charge is 0.462 e. The Morgan fingerprint density at radius 2 is 1.78 bits per heavy atom. The quantitative estimate of drug-likeness (QED) is 0.387. The molecule has 164 valence electrons. The van der Waals surface area contributed by atoms with Crippen molar-refractivity contribution >= 4 is 52.1 Å². The Bertz CT molecular complexity index is 1120. The first kappa shape index (κ1) is 21.9. The summed E-state index contributed by atoms with van der Waals surface area (Å²) in [5.74, 6) is -1.60. The van der Waals surface area contributed by atoms with Gasteiger partial charge in [-0.2, -0.15) is 0 Å². The van der Waals surface area contributed by atoms with Crippen LogP contribution in [0.5, 0.6) is 0 Å². The van der Waals surface area contributed by atoms with Crippen LogP contribution < -0.4 is 4.90 Å². The minimum absolute atomic E-state index is 0.0963. The van der Waals surface area contributed by atoms with Crippen LogP contribution in [0.25, 0.3) is 0 Å². The van der Waals surface area contributed by atoms with E-state index in [0.717, 1.165) is 9.78 Å². The number of hydrogen-bond acceptors (Lipinski definition) is 7. The number of carbonyl (C=O) groups is 4. The number of ether oxygens (including phenoxy) is 1. The maximum absolute atomic E-state index is 13.3. The van der Waals surface area contributed by atoms with Crippen LogP contribution in [0.15, 0.2) is 59.3 Å². The third-order valence-electron chi connectivity index (χ3n) is 5.03. The highest BCUT2D eigenvalue weighted by atomic mass is 32.1. The fourth-order valence-electron chi connectivity index (χ4n) is 3.53.